The number of aromatic hydroxyl groups is 1. The highest BCUT2D eigenvalue weighted by atomic mass is 127. The molecule has 1 fully saturated rings. The van der Waals surface area contributed by atoms with Crippen LogP contribution in [0.3, 0.4) is 0 Å². The summed E-state index contributed by atoms with van der Waals surface area (Å²) < 4.78 is 5.18. The molecule has 0 spiro atoms. The highest BCUT2D eigenvalue weighted by Crippen LogP contribution is 2.29. The second kappa shape index (κ2) is 12.6. The smallest absolute Gasteiger partial charge is 0.191 e. The number of likely N-dealkylation sites (tertiary alicyclic amines) is 1. The van der Waals surface area contributed by atoms with Gasteiger partial charge in [0.2, 0.25) is 0 Å². The predicted molar refractivity (Wildman–Crippen MR) is 133 cm³/mol. The molecule has 0 bridgehead atoms. The maximum absolute atomic E-state index is 10.3. The van der Waals surface area contributed by atoms with Gasteiger partial charge in [-0.05, 0) is 31.4 Å². The van der Waals surface area contributed by atoms with Crippen LogP contribution in [0, 0.1) is 0 Å². The first-order valence-electron chi connectivity index (χ1n) is 10.4. The van der Waals surface area contributed by atoms with E-state index in [9.17, 15) is 5.11 Å². The van der Waals surface area contributed by atoms with Crippen LogP contribution < -0.4 is 15.4 Å². The van der Waals surface area contributed by atoms with E-state index in [1.54, 1.807) is 13.2 Å². The molecule has 7 heteroatoms. The normalized spacial score (nSPS) is 15.3. The zero-order chi connectivity index (χ0) is 20.5. The summed E-state index contributed by atoms with van der Waals surface area (Å²) in [5, 5.41) is 17.1. The van der Waals surface area contributed by atoms with Crippen LogP contribution in [-0.4, -0.2) is 48.8 Å². The van der Waals surface area contributed by atoms with Crippen molar-refractivity contribution in [1.29, 1.82) is 0 Å². The van der Waals surface area contributed by atoms with Crippen LogP contribution in [0.25, 0.3) is 0 Å². The van der Waals surface area contributed by atoms with Crippen LogP contribution in [0.15, 0.2) is 53.5 Å². The summed E-state index contributed by atoms with van der Waals surface area (Å²) in [4.78, 5) is 7.17. The lowest BCUT2D eigenvalue weighted by Crippen LogP contribution is -2.48. The first kappa shape index (κ1) is 24.3. The van der Waals surface area contributed by atoms with Gasteiger partial charge in [0.05, 0.1) is 13.7 Å². The lowest BCUT2D eigenvalue weighted by molar-refractivity contribution is 0.198. The monoisotopic (exact) mass is 524 g/mol. The number of ether oxygens (including phenoxy) is 1. The van der Waals surface area contributed by atoms with Crippen molar-refractivity contribution in [2.75, 3.05) is 26.7 Å². The van der Waals surface area contributed by atoms with Gasteiger partial charge in [-0.15, -0.1) is 24.0 Å². The van der Waals surface area contributed by atoms with Crippen LogP contribution in [0.1, 0.15) is 30.9 Å². The summed E-state index contributed by atoms with van der Waals surface area (Å²) >= 11 is 0. The second-order valence-electron chi connectivity index (χ2n) is 7.34. The molecule has 0 atom stereocenters. The summed E-state index contributed by atoms with van der Waals surface area (Å²) in [5.41, 5.74) is 2.12. The van der Waals surface area contributed by atoms with Gasteiger partial charge in [0.15, 0.2) is 17.5 Å². The van der Waals surface area contributed by atoms with Crippen molar-refractivity contribution in [3.05, 3.63) is 59.7 Å². The van der Waals surface area contributed by atoms with Gasteiger partial charge in [0.1, 0.15) is 0 Å². The maximum atomic E-state index is 10.3. The molecule has 6 nitrogen and oxygen atoms in total. The third kappa shape index (κ3) is 7.05. The van der Waals surface area contributed by atoms with Gasteiger partial charge in [-0.3, -0.25) is 4.90 Å². The van der Waals surface area contributed by atoms with Crippen LogP contribution >= 0.6 is 24.0 Å². The predicted octanol–water partition coefficient (Wildman–Crippen LogP) is 3.74. The molecule has 1 heterocycles. The number of phenolic OH excluding ortho intramolecular Hbond substituents is 1. The Labute approximate surface area is 196 Å². The average Bonchev–Trinajstić information content (AvgIpc) is 2.75. The molecular formula is C23H33IN4O2. The van der Waals surface area contributed by atoms with Gasteiger partial charge in [-0.1, -0.05) is 42.5 Å². The highest BCUT2D eigenvalue weighted by molar-refractivity contribution is 14.0. The lowest BCUT2D eigenvalue weighted by Gasteiger charge is -2.33. The van der Waals surface area contributed by atoms with E-state index in [0.717, 1.165) is 50.5 Å². The van der Waals surface area contributed by atoms with Crippen LogP contribution in [0.5, 0.6) is 11.5 Å². The van der Waals surface area contributed by atoms with Gasteiger partial charge in [-0.2, -0.15) is 0 Å². The molecule has 0 aromatic heterocycles. The zero-order valence-electron chi connectivity index (χ0n) is 17.8. The Hall–Kier alpha value is -2.00. The third-order valence-electron chi connectivity index (χ3n) is 5.23. The van der Waals surface area contributed by atoms with E-state index in [0.29, 0.717) is 18.3 Å². The number of nitrogens with zero attached hydrogens (tertiary/aromatic N) is 2. The van der Waals surface area contributed by atoms with Gasteiger partial charge in [-0.25, -0.2) is 4.99 Å². The number of benzene rings is 2. The van der Waals surface area contributed by atoms with Crippen LogP contribution in [0.2, 0.25) is 0 Å². The minimum Gasteiger partial charge on any atom is -0.504 e. The Balaban J connectivity index is 0.00000320. The van der Waals surface area contributed by atoms with Crippen molar-refractivity contribution >= 4 is 29.9 Å². The van der Waals surface area contributed by atoms with Crippen molar-refractivity contribution in [2.45, 2.75) is 38.9 Å². The third-order valence-corrected chi connectivity index (χ3v) is 5.23. The fourth-order valence-corrected chi connectivity index (χ4v) is 3.61. The van der Waals surface area contributed by atoms with Crippen molar-refractivity contribution in [2.24, 2.45) is 4.99 Å². The van der Waals surface area contributed by atoms with Crippen LogP contribution in [-0.2, 0) is 13.1 Å². The largest absolute Gasteiger partial charge is 0.504 e. The molecule has 0 aliphatic carbocycles. The molecule has 30 heavy (non-hydrogen) atoms. The SMILES string of the molecule is CCNC(=NCc1cccc(OC)c1O)NC1CCN(Cc2ccccc2)CC1.I. The molecule has 0 saturated carbocycles. The Morgan fingerprint density at radius 1 is 1.13 bits per heavy atom. The Bertz CT molecular complexity index is 793. The standard InChI is InChI=1S/C23H32N4O2.HI/c1-3-24-23(25-16-19-10-7-11-21(29-2)22(19)28)26-20-12-14-27(15-13-20)17-18-8-5-4-6-9-18;/h4-11,20,28H,3,12-17H2,1-2H3,(H2,24,25,26);1H. The number of hydrogen-bond acceptors (Lipinski definition) is 4. The first-order valence-corrected chi connectivity index (χ1v) is 10.4. The Morgan fingerprint density at radius 2 is 1.87 bits per heavy atom. The number of piperidine rings is 1. The highest BCUT2D eigenvalue weighted by Gasteiger charge is 2.20. The first-order chi connectivity index (χ1) is 14.2. The number of nitrogens with one attached hydrogen (secondary N) is 2. The van der Waals surface area contributed by atoms with E-state index in [1.165, 1.54) is 5.56 Å². The lowest BCUT2D eigenvalue weighted by atomic mass is 10.0. The molecule has 164 valence electrons. The topological polar surface area (TPSA) is 69.1 Å². The van der Waals surface area contributed by atoms with Crippen molar-refractivity contribution < 1.29 is 9.84 Å². The van der Waals surface area contributed by atoms with Gasteiger partial charge < -0.3 is 20.5 Å². The quantitative estimate of drug-likeness (QED) is 0.293. The maximum Gasteiger partial charge on any atom is 0.191 e. The fraction of sp³-hybridized carbons (Fsp3) is 0.435. The molecule has 0 unspecified atom stereocenters. The zero-order valence-corrected chi connectivity index (χ0v) is 20.1. The summed E-state index contributed by atoms with van der Waals surface area (Å²) in [6.45, 7) is 6.40. The van der Waals surface area contributed by atoms with Gasteiger partial charge >= 0.3 is 0 Å². The Kier molecular flexibility index (Phi) is 10.2. The van der Waals surface area contributed by atoms with Crippen molar-refractivity contribution in [1.82, 2.24) is 15.5 Å². The number of para-hydroxylation sites is 1. The number of phenols is 1. The molecule has 3 rings (SSSR count). The minimum atomic E-state index is 0. The molecule has 2 aromatic carbocycles. The van der Waals surface area contributed by atoms with E-state index < -0.39 is 0 Å². The van der Waals surface area contributed by atoms with E-state index in [4.69, 9.17) is 4.74 Å². The number of rotatable bonds is 7. The number of aliphatic imine (C=N–C) groups is 1. The second-order valence-corrected chi connectivity index (χ2v) is 7.34. The number of halogens is 1. The summed E-state index contributed by atoms with van der Waals surface area (Å²) in [7, 11) is 1.55. The van der Waals surface area contributed by atoms with Gasteiger partial charge in [0, 0.05) is 37.8 Å². The molecule has 0 radical (unpaired) electrons. The minimum absolute atomic E-state index is 0. The summed E-state index contributed by atoms with van der Waals surface area (Å²) in [5.74, 6) is 1.42. The van der Waals surface area contributed by atoms with E-state index in [1.807, 2.05) is 12.1 Å². The summed E-state index contributed by atoms with van der Waals surface area (Å²) in [6, 6.07) is 16.5. The summed E-state index contributed by atoms with van der Waals surface area (Å²) in [6.07, 6.45) is 2.17. The van der Waals surface area contributed by atoms with Crippen molar-refractivity contribution in [3.8, 4) is 11.5 Å². The van der Waals surface area contributed by atoms with E-state index in [2.05, 4.69) is 57.8 Å². The fourth-order valence-electron chi connectivity index (χ4n) is 3.61. The van der Waals surface area contributed by atoms with E-state index in [-0.39, 0.29) is 29.7 Å². The molecular weight excluding hydrogens is 491 g/mol. The number of guanidine groups is 1. The molecule has 1 saturated heterocycles. The van der Waals surface area contributed by atoms with E-state index >= 15 is 0 Å². The molecule has 0 amide bonds. The molecule has 1 aliphatic heterocycles. The number of hydrogen-bond donors (Lipinski definition) is 3. The number of methoxy groups -OCH3 is 1. The van der Waals surface area contributed by atoms with Gasteiger partial charge in [0.25, 0.3) is 0 Å². The van der Waals surface area contributed by atoms with Crippen LogP contribution in [0.4, 0.5) is 0 Å². The average molecular weight is 524 g/mol. The molecule has 2 aromatic rings. The van der Waals surface area contributed by atoms with Crippen molar-refractivity contribution in [3.63, 3.8) is 0 Å². The molecule has 3 N–H and O–H groups in total. The molecule has 1 aliphatic rings. The Morgan fingerprint density at radius 3 is 2.53 bits per heavy atom.